The monoisotopic (exact) mass is 591 g/mol. The number of rotatable bonds is 6. The minimum atomic E-state index is -2.66. The molecule has 1 aromatic heterocycles. The molecule has 1 unspecified atom stereocenters. The van der Waals surface area contributed by atoms with Crippen LogP contribution in [0.25, 0.3) is 11.1 Å². The first-order chi connectivity index (χ1) is 20.4. The molecule has 228 valence electrons. The summed E-state index contributed by atoms with van der Waals surface area (Å²) in [7, 11) is 1.77. The second-order valence-corrected chi connectivity index (χ2v) is 12.9. The molecule has 4 heterocycles. The molecule has 43 heavy (non-hydrogen) atoms. The van der Waals surface area contributed by atoms with E-state index in [0.29, 0.717) is 50.1 Å². The van der Waals surface area contributed by atoms with Gasteiger partial charge in [0.15, 0.2) is 0 Å². The molecule has 0 saturated carbocycles. The third-order valence-electron chi connectivity index (χ3n) is 8.96. The molecule has 0 spiro atoms. The van der Waals surface area contributed by atoms with Gasteiger partial charge in [-0.2, -0.15) is 5.10 Å². The van der Waals surface area contributed by atoms with Gasteiger partial charge >= 0.3 is 0 Å². The van der Waals surface area contributed by atoms with Crippen molar-refractivity contribution in [3.8, 4) is 11.1 Å². The van der Waals surface area contributed by atoms with Crippen LogP contribution >= 0.6 is 0 Å². The van der Waals surface area contributed by atoms with Crippen molar-refractivity contribution in [2.45, 2.75) is 77.5 Å². The first kappa shape index (κ1) is 29.3. The minimum Gasteiger partial charge on any atom is -0.389 e. The zero-order valence-corrected chi connectivity index (χ0v) is 25.2. The molecule has 3 aliphatic heterocycles. The lowest BCUT2D eigenvalue weighted by Crippen LogP contribution is -2.46. The number of amides is 2. The lowest BCUT2D eigenvalue weighted by atomic mass is 9.86. The lowest BCUT2D eigenvalue weighted by molar-refractivity contribution is -0.137. The van der Waals surface area contributed by atoms with Crippen LogP contribution < -0.4 is 4.90 Å². The summed E-state index contributed by atoms with van der Waals surface area (Å²) >= 11 is 0. The summed E-state index contributed by atoms with van der Waals surface area (Å²) in [5.41, 5.74) is 6.04. The largest absolute Gasteiger partial charge is 0.389 e. The first-order valence-corrected chi connectivity index (χ1v) is 15.0. The number of nitrogens with zero attached hydrogens (tertiary/aromatic N) is 5. The molecule has 2 aromatic carbocycles. The van der Waals surface area contributed by atoms with E-state index in [4.69, 9.17) is 0 Å². The number of benzene rings is 2. The fourth-order valence-corrected chi connectivity index (χ4v) is 6.91. The highest BCUT2D eigenvalue weighted by molar-refractivity contribution is 5.81. The van der Waals surface area contributed by atoms with Gasteiger partial charge in [-0.1, -0.05) is 6.07 Å². The highest BCUT2D eigenvalue weighted by Crippen LogP contribution is 2.45. The highest BCUT2D eigenvalue weighted by atomic mass is 19.3. The van der Waals surface area contributed by atoms with E-state index in [-0.39, 0.29) is 29.8 Å². The number of aromatic nitrogens is 2. The number of fused-ring (bicyclic) bond motifs is 2. The maximum absolute atomic E-state index is 14.5. The molecule has 1 N–H and O–H groups in total. The molecule has 1 atom stereocenters. The number of halogens is 2. The van der Waals surface area contributed by atoms with Crippen LogP contribution in [0.5, 0.6) is 0 Å². The Morgan fingerprint density at radius 2 is 1.91 bits per heavy atom. The number of β-amino-alcohol motifs (C(OH)–C–C–N with tert-alkyl or cyclic N) is 1. The topological polar surface area (TPSA) is 81.9 Å². The van der Waals surface area contributed by atoms with Gasteiger partial charge in [0.25, 0.3) is 6.43 Å². The van der Waals surface area contributed by atoms with Crippen LogP contribution in [0.15, 0.2) is 36.7 Å². The van der Waals surface area contributed by atoms with Gasteiger partial charge in [-0.05, 0) is 73.6 Å². The van der Waals surface area contributed by atoms with Gasteiger partial charge in [0.1, 0.15) is 0 Å². The Balaban J connectivity index is 1.44. The lowest BCUT2D eigenvalue weighted by Gasteiger charge is -2.37. The summed E-state index contributed by atoms with van der Waals surface area (Å²) in [6.45, 7) is 7.36. The van der Waals surface area contributed by atoms with Gasteiger partial charge in [0, 0.05) is 93.3 Å². The van der Waals surface area contributed by atoms with E-state index in [1.807, 2.05) is 11.0 Å². The van der Waals surface area contributed by atoms with E-state index < -0.39 is 12.0 Å². The SMILES string of the molecule is CC(=O)N1Cc2cc(C3CCC(=O)N(CC(C)(C)O)C3)cc(N3CCCc4cc(-c5cnn(C)c5)c(C(F)F)cc43)c2C1. The van der Waals surface area contributed by atoms with E-state index in [2.05, 4.69) is 22.1 Å². The summed E-state index contributed by atoms with van der Waals surface area (Å²) in [4.78, 5) is 30.9. The van der Waals surface area contributed by atoms with Gasteiger partial charge in [0.2, 0.25) is 11.8 Å². The Morgan fingerprint density at radius 1 is 1.12 bits per heavy atom. The summed E-state index contributed by atoms with van der Waals surface area (Å²) in [5.74, 6) is 0.0872. The normalized spacial score (nSPS) is 18.8. The predicted molar refractivity (Wildman–Crippen MR) is 160 cm³/mol. The number of aryl methyl sites for hydroxylation is 2. The second-order valence-electron chi connectivity index (χ2n) is 12.9. The summed E-state index contributed by atoms with van der Waals surface area (Å²) in [6.07, 6.45) is 3.45. The fourth-order valence-electron chi connectivity index (χ4n) is 6.91. The molecule has 10 heteroatoms. The standard InChI is InChI=1S/C33H39F2N5O3/c1-20(41)38-17-24-10-23(22-7-8-31(42)39(16-22)19-33(2,3)43)12-30(28(24)18-38)40-9-5-6-21-11-26(25-14-36-37(4)15-25)27(32(34)35)13-29(21)40/h10-15,22,32,43H,5-9,16-19H2,1-4H3. The quantitative estimate of drug-likeness (QED) is 0.413. The number of piperidine rings is 1. The third kappa shape index (κ3) is 5.77. The van der Waals surface area contributed by atoms with Gasteiger partial charge in [-0.3, -0.25) is 14.3 Å². The number of hydrogen-bond acceptors (Lipinski definition) is 5. The first-order valence-electron chi connectivity index (χ1n) is 15.0. The average molecular weight is 592 g/mol. The molecule has 1 fully saturated rings. The van der Waals surface area contributed by atoms with Crippen molar-refractivity contribution < 1.29 is 23.5 Å². The Bertz CT molecular complexity index is 1580. The van der Waals surface area contributed by atoms with E-state index >= 15 is 0 Å². The van der Waals surface area contributed by atoms with Crippen LogP contribution in [0.2, 0.25) is 0 Å². The molecule has 8 nitrogen and oxygen atoms in total. The summed E-state index contributed by atoms with van der Waals surface area (Å²) < 4.78 is 30.7. The summed E-state index contributed by atoms with van der Waals surface area (Å²) in [5, 5.41) is 14.6. The highest BCUT2D eigenvalue weighted by Gasteiger charge is 2.34. The third-order valence-corrected chi connectivity index (χ3v) is 8.96. The number of likely N-dealkylation sites (tertiary alicyclic amines) is 1. The van der Waals surface area contributed by atoms with Crippen molar-refractivity contribution >= 4 is 23.2 Å². The number of aliphatic hydroxyl groups is 1. The zero-order chi connectivity index (χ0) is 30.6. The van der Waals surface area contributed by atoms with Gasteiger partial charge < -0.3 is 19.8 Å². The van der Waals surface area contributed by atoms with Gasteiger partial charge in [-0.15, -0.1) is 0 Å². The number of alkyl halides is 2. The van der Waals surface area contributed by atoms with E-state index in [1.54, 1.807) is 55.9 Å². The molecule has 2 amide bonds. The van der Waals surface area contributed by atoms with Crippen molar-refractivity contribution in [3.05, 3.63) is 64.5 Å². The van der Waals surface area contributed by atoms with Gasteiger partial charge in [-0.25, -0.2) is 8.78 Å². The molecule has 3 aliphatic rings. The van der Waals surface area contributed by atoms with Crippen molar-refractivity contribution in [3.63, 3.8) is 0 Å². The van der Waals surface area contributed by atoms with E-state index in [0.717, 1.165) is 46.5 Å². The number of carbonyl (C=O) groups is 2. The molecule has 1 saturated heterocycles. The van der Waals surface area contributed by atoms with Crippen LogP contribution in [0.1, 0.15) is 80.2 Å². The second kappa shape index (κ2) is 11.0. The number of hydrogen-bond donors (Lipinski definition) is 1. The molecule has 3 aromatic rings. The van der Waals surface area contributed by atoms with Crippen molar-refractivity contribution in [2.24, 2.45) is 7.05 Å². The number of carbonyl (C=O) groups excluding carboxylic acids is 2. The van der Waals surface area contributed by atoms with E-state index in [9.17, 15) is 23.5 Å². The van der Waals surface area contributed by atoms with E-state index in [1.165, 1.54) is 0 Å². The molecule has 0 aliphatic carbocycles. The molecule has 6 rings (SSSR count). The average Bonchev–Trinajstić information content (AvgIpc) is 3.58. The Kier molecular flexibility index (Phi) is 7.52. The Hall–Kier alpha value is -3.79. The molecular formula is C33H39F2N5O3. The van der Waals surface area contributed by atoms with Crippen LogP contribution in [0, 0.1) is 0 Å². The molecule has 0 bridgehead atoms. The van der Waals surface area contributed by atoms with Crippen LogP contribution in [-0.2, 0) is 36.1 Å². The predicted octanol–water partition coefficient (Wildman–Crippen LogP) is 5.45. The summed E-state index contributed by atoms with van der Waals surface area (Å²) in [6, 6.07) is 7.85. The Morgan fingerprint density at radius 3 is 2.58 bits per heavy atom. The Labute approximate surface area is 250 Å². The van der Waals surface area contributed by atoms with Crippen LogP contribution in [0.4, 0.5) is 20.2 Å². The van der Waals surface area contributed by atoms with Crippen molar-refractivity contribution in [2.75, 3.05) is 24.5 Å². The molecule has 0 radical (unpaired) electrons. The number of anilines is 2. The minimum absolute atomic E-state index is 0.0107. The fraction of sp³-hybridized carbons (Fsp3) is 0.485. The van der Waals surface area contributed by atoms with Crippen molar-refractivity contribution in [1.29, 1.82) is 0 Å². The zero-order valence-electron chi connectivity index (χ0n) is 25.2. The maximum atomic E-state index is 14.5. The van der Waals surface area contributed by atoms with Crippen molar-refractivity contribution in [1.82, 2.24) is 19.6 Å². The van der Waals surface area contributed by atoms with Gasteiger partial charge in [0.05, 0.1) is 11.8 Å². The smallest absolute Gasteiger partial charge is 0.264 e. The van der Waals surface area contributed by atoms with Crippen LogP contribution in [-0.4, -0.2) is 61.7 Å². The maximum Gasteiger partial charge on any atom is 0.264 e. The molecular weight excluding hydrogens is 552 g/mol. The van der Waals surface area contributed by atoms with Crippen LogP contribution in [0.3, 0.4) is 0 Å².